The second-order valence-electron chi connectivity index (χ2n) is 4.88. The van der Waals surface area contributed by atoms with E-state index in [0.29, 0.717) is 37.4 Å². The van der Waals surface area contributed by atoms with Crippen molar-refractivity contribution in [3.05, 3.63) is 11.8 Å². The Kier molecular flexibility index (Phi) is 3.96. The molecule has 1 amide bonds. The molecule has 0 radical (unpaired) electrons. The maximum absolute atomic E-state index is 12.1. The summed E-state index contributed by atoms with van der Waals surface area (Å²) in [7, 11) is 0. The molecule has 2 heterocycles. The number of nitrogens with zero attached hydrogens (tertiary/aromatic N) is 3. The van der Waals surface area contributed by atoms with Gasteiger partial charge in [0.25, 0.3) is 0 Å². The van der Waals surface area contributed by atoms with E-state index in [1.807, 2.05) is 4.90 Å². The SMILES string of the molecule is Cc1nnc(CC(=O)N2CCOC(C(C)C)C2)o1. The van der Waals surface area contributed by atoms with E-state index >= 15 is 0 Å². The second-order valence-corrected chi connectivity index (χ2v) is 4.88. The minimum absolute atomic E-state index is 0.0209. The largest absolute Gasteiger partial charge is 0.425 e. The van der Waals surface area contributed by atoms with E-state index in [1.165, 1.54) is 0 Å². The standard InChI is InChI=1S/C12H19N3O3/c1-8(2)10-7-15(4-5-17-10)12(16)6-11-14-13-9(3)18-11/h8,10H,4-7H2,1-3H3. The number of morpholine rings is 1. The molecule has 2 rings (SSSR count). The van der Waals surface area contributed by atoms with Gasteiger partial charge in [0.15, 0.2) is 0 Å². The summed E-state index contributed by atoms with van der Waals surface area (Å²) in [5.41, 5.74) is 0. The van der Waals surface area contributed by atoms with Crippen LogP contribution >= 0.6 is 0 Å². The average molecular weight is 253 g/mol. The molecule has 1 fully saturated rings. The number of ether oxygens (including phenoxy) is 1. The van der Waals surface area contributed by atoms with Gasteiger partial charge in [-0.2, -0.15) is 0 Å². The fourth-order valence-corrected chi connectivity index (χ4v) is 1.96. The molecule has 1 unspecified atom stereocenters. The van der Waals surface area contributed by atoms with Crippen molar-refractivity contribution in [1.82, 2.24) is 15.1 Å². The summed E-state index contributed by atoms with van der Waals surface area (Å²) in [4.78, 5) is 13.9. The highest BCUT2D eigenvalue weighted by Crippen LogP contribution is 2.14. The number of hydrogen-bond donors (Lipinski definition) is 0. The molecule has 1 saturated heterocycles. The van der Waals surface area contributed by atoms with Crippen LogP contribution in [0.3, 0.4) is 0 Å². The number of carbonyl (C=O) groups excluding carboxylic acids is 1. The summed E-state index contributed by atoms with van der Waals surface area (Å²) in [5, 5.41) is 7.56. The van der Waals surface area contributed by atoms with Gasteiger partial charge in [-0.05, 0) is 5.92 Å². The lowest BCUT2D eigenvalue weighted by Gasteiger charge is -2.34. The van der Waals surface area contributed by atoms with Crippen LogP contribution in [-0.4, -0.2) is 46.8 Å². The predicted octanol–water partition coefficient (Wildman–Crippen LogP) is 0.804. The van der Waals surface area contributed by atoms with Crippen molar-refractivity contribution < 1.29 is 13.9 Å². The van der Waals surface area contributed by atoms with Crippen LogP contribution in [0.15, 0.2) is 4.42 Å². The Labute approximate surface area is 106 Å². The molecule has 1 aromatic rings. The van der Waals surface area contributed by atoms with Crippen molar-refractivity contribution in [2.24, 2.45) is 5.92 Å². The van der Waals surface area contributed by atoms with Crippen molar-refractivity contribution >= 4 is 5.91 Å². The van der Waals surface area contributed by atoms with Crippen LogP contribution in [0.25, 0.3) is 0 Å². The summed E-state index contributed by atoms with van der Waals surface area (Å²) in [6.07, 6.45) is 0.290. The predicted molar refractivity (Wildman–Crippen MR) is 63.9 cm³/mol. The molecule has 0 bridgehead atoms. The molecule has 1 aliphatic rings. The van der Waals surface area contributed by atoms with Crippen LogP contribution in [0.1, 0.15) is 25.6 Å². The van der Waals surface area contributed by atoms with Crippen LogP contribution in [0.4, 0.5) is 0 Å². The summed E-state index contributed by atoms with van der Waals surface area (Å²) >= 11 is 0. The van der Waals surface area contributed by atoms with Gasteiger partial charge in [-0.25, -0.2) is 0 Å². The Morgan fingerprint density at radius 2 is 2.28 bits per heavy atom. The van der Waals surface area contributed by atoms with Crippen LogP contribution in [0.5, 0.6) is 0 Å². The van der Waals surface area contributed by atoms with E-state index in [-0.39, 0.29) is 18.4 Å². The molecule has 1 aromatic heterocycles. The van der Waals surface area contributed by atoms with Gasteiger partial charge in [-0.3, -0.25) is 4.79 Å². The quantitative estimate of drug-likeness (QED) is 0.797. The first-order chi connectivity index (χ1) is 8.56. The first-order valence-electron chi connectivity index (χ1n) is 6.24. The molecule has 1 aliphatic heterocycles. The van der Waals surface area contributed by atoms with E-state index in [1.54, 1.807) is 6.92 Å². The zero-order valence-electron chi connectivity index (χ0n) is 11.0. The molecule has 100 valence electrons. The topological polar surface area (TPSA) is 68.5 Å². The first-order valence-corrected chi connectivity index (χ1v) is 6.24. The van der Waals surface area contributed by atoms with E-state index in [9.17, 15) is 4.79 Å². The van der Waals surface area contributed by atoms with Gasteiger partial charge in [-0.1, -0.05) is 13.8 Å². The number of aryl methyl sites for hydroxylation is 1. The summed E-state index contributed by atoms with van der Waals surface area (Å²) in [6, 6.07) is 0. The molecular weight excluding hydrogens is 234 g/mol. The first kappa shape index (κ1) is 13.0. The van der Waals surface area contributed by atoms with Gasteiger partial charge in [-0.15, -0.1) is 10.2 Å². The van der Waals surface area contributed by atoms with Crippen molar-refractivity contribution in [3.8, 4) is 0 Å². The third-order valence-electron chi connectivity index (χ3n) is 3.06. The van der Waals surface area contributed by atoms with Gasteiger partial charge in [0.2, 0.25) is 17.7 Å². The Bertz CT molecular complexity index is 416. The molecule has 0 aliphatic carbocycles. The summed E-state index contributed by atoms with van der Waals surface area (Å²) < 4.78 is 10.8. The fourth-order valence-electron chi connectivity index (χ4n) is 1.96. The van der Waals surface area contributed by atoms with Crippen molar-refractivity contribution in [2.75, 3.05) is 19.7 Å². The monoisotopic (exact) mass is 253 g/mol. The fraction of sp³-hybridized carbons (Fsp3) is 0.750. The van der Waals surface area contributed by atoms with E-state index in [4.69, 9.17) is 9.15 Å². The maximum Gasteiger partial charge on any atom is 0.232 e. The van der Waals surface area contributed by atoms with Crippen molar-refractivity contribution in [3.63, 3.8) is 0 Å². The highest BCUT2D eigenvalue weighted by molar-refractivity contribution is 5.77. The van der Waals surface area contributed by atoms with E-state index in [0.717, 1.165) is 0 Å². The second kappa shape index (κ2) is 5.48. The Morgan fingerprint density at radius 1 is 1.50 bits per heavy atom. The lowest BCUT2D eigenvalue weighted by molar-refractivity contribution is -0.140. The number of amides is 1. The van der Waals surface area contributed by atoms with E-state index < -0.39 is 0 Å². The summed E-state index contributed by atoms with van der Waals surface area (Å²) in [6.45, 7) is 7.78. The van der Waals surface area contributed by atoms with Gasteiger partial charge in [0.1, 0.15) is 6.42 Å². The van der Waals surface area contributed by atoms with Gasteiger partial charge >= 0.3 is 0 Å². The van der Waals surface area contributed by atoms with Crippen LogP contribution in [0, 0.1) is 12.8 Å². The highest BCUT2D eigenvalue weighted by Gasteiger charge is 2.26. The van der Waals surface area contributed by atoms with Crippen molar-refractivity contribution in [2.45, 2.75) is 33.3 Å². The number of carbonyl (C=O) groups is 1. The van der Waals surface area contributed by atoms with Crippen LogP contribution in [0.2, 0.25) is 0 Å². The maximum atomic E-state index is 12.1. The summed E-state index contributed by atoms with van der Waals surface area (Å²) in [5.74, 6) is 1.30. The zero-order chi connectivity index (χ0) is 13.1. The lowest BCUT2D eigenvalue weighted by Crippen LogP contribution is -2.47. The normalized spacial score (nSPS) is 20.4. The number of rotatable bonds is 3. The smallest absolute Gasteiger partial charge is 0.232 e. The average Bonchev–Trinajstić information content (AvgIpc) is 2.75. The Hall–Kier alpha value is -1.43. The van der Waals surface area contributed by atoms with Crippen LogP contribution in [-0.2, 0) is 16.0 Å². The van der Waals surface area contributed by atoms with Crippen LogP contribution < -0.4 is 0 Å². The number of aromatic nitrogens is 2. The molecular formula is C12H19N3O3. The molecule has 1 atom stereocenters. The Balaban J connectivity index is 1.92. The highest BCUT2D eigenvalue weighted by atomic mass is 16.5. The third kappa shape index (κ3) is 3.07. The molecule has 18 heavy (non-hydrogen) atoms. The van der Waals surface area contributed by atoms with Gasteiger partial charge in [0.05, 0.1) is 12.7 Å². The third-order valence-corrected chi connectivity index (χ3v) is 3.06. The minimum Gasteiger partial charge on any atom is -0.425 e. The number of hydrogen-bond acceptors (Lipinski definition) is 5. The van der Waals surface area contributed by atoms with Gasteiger partial charge in [0, 0.05) is 20.0 Å². The minimum atomic E-state index is 0.0209. The molecule has 0 aromatic carbocycles. The van der Waals surface area contributed by atoms with Gasteiger partial charge < -0.3 is 14.1 Å². The molecule has 0 N–H and O–H groups in total. The Morgan fingerprint density at radius 3 is 2.89 bits per heavy atom. The van der Waals surface area contributed by atoms with E-state index in [2.05, 4.69) is 24.0 Å². The lowest BCUT2D eigenvalue weighted by atomic mass is 10.1. The van der Waals surface area contributed by atoms with Crippen molar-refractivity contribution in [1.29, 1.82) is 0 Å². The molecule has 6 nitrogen and oxygen atoms in total. The zero-order valence-corrected chi connectivity index (χ0v) is 11.0. The molecule has 6 heteroatoms. The molecule has 0 spiro atoms. The molecule has 0 saturated carbocycles.